The van der Waals surface area contributed by atoms with Gasteiger partial charge in [0.1, 0.15) is 5.75 Å². The molecule has 16 heavy (non-hydrogen) atoms. The number of benzene rings is 2. The highest BCUT2D eigenvalue weighted by Gasteiger charge is 2.05. The van der Waals surface area contributed by atoms with Crippen molar-refractivity contribution < 1.29 is 5.11 Å². The van der Waals surface area contributed by atoms with Crippen LogP contribution < -0.4 is 0 Å². The normalized spacial score (nSPS) is 10.1. The fourth-order valence-electron chi connectivity index (χ4n) is 1.65. The highest BCUT2D eigenvalue weighted by Crippen LogP contribution is 2.31. The fraction of sp³-hybridized carbons (Fsp3) is 0.0667. The van der Waals surface area contributed by atoms with Crippen molar-refractivity contribution in [3.8, 4) is 16.9 Å². The third-order valence-electron chi connectivity index (χ3n) is 2.57. The zero-order valence-corrected chi connectivity index (χ0v) is 9.27. The summed E-state index contributed by atoms with van der Waals surface area (Å²) in [6, 6.07) is 15.4. The summed E-state index contributed by atoms with van der Waals surface area (Å²) >= 11 is 0. The van der Waals surface area contributed by atoms with Crippen LogP contribution in [0.15, 0.2) is 55.1 Å². The van der Waals surface area contributed by atoms with Gasteiger partial charge in [0.05, 0.1) is 0 Å². The van der Waals surface area contributed by atoms with Crippen LogP contribution in [0.25, 0.3) is 16.7 Å². The van der Waals surface area contributed by atoms with Crippen LogP contribution in [-0.2, 0) is 0 Å². The maximum absolute atomic E-state index is 9.84. The molecule has 0 aromatic heterocycles. The monoisotopic (exact) mass is 210 g/mol. The van der Waals surface area contributed by atoms with E-state index in [4.69, 9.17) is 0 Å². The highest BCUT2D eigenvalue weighted by atomic mass is 16.3. The van der Waals surface area contributed by atoms with Crippen LogP contribution in [0.3, 0.4) is 0 Å². The van der Waals surface area contributed by atoms with Crippen LogP contribution >= 0.6 is 0 Å². The Morgan fingerprint density at radius 2 is 1.75 bits per heavy atom. The first-order chi connectivity index (χ1) is 7.68. The van der Waals surface area contributed by atoms with Gasteiger partial charge in [-0.1, -0.05) is 48.6 Å². The number of hydrogen-bond acceptors (Lipinski definition) is 1. The summed E-state index contributed by atoms with van der Waals surface area (Å²) in [7, 11) is 0. The summed E-state index contributed by atoms with van der Waals surface area (Å²) in [5.41, 5.74) is 3.91. The molecule has 0 heterocycles. The summed E-state index contributed by atoms with van der Waals surface area (Å²) in [4.78, 5) is 0. The van der Waals surface area contributed by atoms with Crippen molar-refractivity contribution in [3.05, 3.63) is 60.7 Å². The third kappa shape index (κ3) is 1.98. The number of aromatic hydroxyl groups is 1. The molecule has 2 rings (SSSR count). The van der Waals surface area contributed by atoms with Crippen molar-refractivity contribution in [2.45, 2.75) is 6.92 Å². The molecule has 0 bridgehead atoms. The molecule has 0 unspecified atom stereocenters. The van der Waals surface area contributed by atoms with Gasteiger partial charge in [-0.05, 0) is 30.2 Å². The smallest absolute Gasteiger partial charge is 0.123 e. The second kappa shape index (κ2) is 4.23. The fourth-order valence-corrected chi connectivity index (χ4v) is 1.65. The maximum Gasteiger partial charge on any atom is 0.123 e. The Hall–Kier alpha value is -2.02. The Bertz CT molecular complexity index is 512. The molecule has 0 saturated carbocycles. The molecule has 2 aromatic rings. The Balaban J connectivity index is 2.56. The van der Waals surface area contributed by atoms with E-state index >= 15 is 0 Å². The number of phenols is 1. The molecule has 80 valence electrons. The topological polar surface area (TPSA) is 20.2 Å². The molecule has 0 aliphatic rings. The minimum atomic E-state index is 0.302. The standard InChI is InChI=1S/C15H14O/c1-11(2)13-8-9-15(16)14(10-13)12-6-4-3-5-7-12/h3-10,16H,1H2,2H3. The SMILES string of the molecule is C=C(C)c1ccc(O)c(-c2ccccc2)c1. The quantitative estimate of drug-likeness (QED) is 0.791. The van der Waals surface area contributed by atoms with E-state index in [-0.39, 0.29) is 0 Å². The third-order valence-corrected chi connectivity index (χ3v) is 2.57. The van der Waals surface area contributed by atoms with E-state index in [9.17, 15) is 5.11 Å². The van der Waals surface area contributed by atoms with Crippen LogP contribution in [0.1, 0.15) is 12.5 Å². The molecule has 0 spiro atoms. The Kier molecular flexibility index (Phi) is 2.78. The highest BCUT2D eigenvalue weighted by molar-refractivity contribution is 5.75. The molecule has 1 heteroatoms. The Morgan fingerprint density at radius 3 is 2.38 bits per heavy atom. The van der Waals surface area contributed by atoms with E-state index in [1.807, 2.05) is 49.4 Å². The summed E-state index contributed by atoms with van der Waals surface area (Å²) in [5, 5.41) is 9.84. The van der Waals surface area contributed by atoms with Crippen molar-refractivity contribution in [3.63, 3.8) is 0 Å². The van der Waals surface area contributed by atoms with E-state index in [0.717, 1.165) is 22.3 Å². The zero-order chi connectivity index (χ0) is 11.5. The van der Waals surface area contributed by atoms with Crippen molar-refractivity contribution in [1.82, 2.24) is 0 Å². The molecule has 0 amide bonds. The molecule has 2 aromatic carbocycles. The lowest BCUT2D eigenvalue weighted by molar-refractivity contribution is 0.477. The lowest BCUT2D eigenvalue weighted by Crippen LogP contribution is -1.83. The number of rotatable bonds is 2. The average molecular weight is 210 g/mol. The minimum Gasteiger partial charge on any atom is -0.507 e. The molecule has 0 radical (unpaired) electrons. The van der Waals surface area contributed by atoms with Gasteiger partial charge in [-0.3, -0.25) is 0 Å². The van der Waals surface area contributed by atoms with Crippen molar-refractivity contribution >= 4 is 5.57 Å². The van der Waals surface area contributed by atoms with Gasteiger partial charge < -0.3 is 5.11 Å². The summed E-state index contributed by atoms with van der Waals surface area (Å²) < 4.78 is 0. The van der Waals surface area contributed by atoms with Gasteiger partial charge in [-0.2, -0.15) is 0 Å². The summed E-state index contributed by atoms with van der Waals surface area (Å²) in [6.07, 6.45) is 0. The largest absolute Gasteiger partial charge is 0.507 e. The average Bonchev–Trinajstić information content (AvgIpc) is 2.30. The van der Waals surface area contributed by atoms with Gasteiger partial charge >= 0.3 is 0 Å². The van der Waals surface area contributed by atoms with Crippen LogP contribution in [0.4, 0.5) is 0 Å². The first-order valence-electron chi connectivity index (χ1n) is 5.23. The molecular formula is C15H14O. The second-order valence-electron chi connectivity index (χ2n) is 3.88. The van der Waals surface area contributed by atoms with E-state index in [1.54, 1.807) is 6.07 Å². The van der Waals surface area contributed by atoms with E-state index in [1.165, 1.54) is 0 Å². The summed E-state index contributed by atoms with van der Waals surface area (Å²) in [6.45, 7) is 5.87. The van der Waals surface area contributed by atoms with E-state index in [0.29, 0.717) is 5.75 Å². The first-order valence-corrected chi connectivity index (χ1v) is 5.23. The molecule has 0 saturated heterocycles. The minimum absolute atomic E-state index is 0.302. The van der Waals surface area contributed by atoms with Gasteiger partial charge in [0, 0.05) is 5.56 Å². The predicted molar refractivity (Wildman–Crippen MR) is 68.3 cm³/mol. The van der Waals surface area contributed by atoms with Crippen LogP contribution in [0, 0.1) is 0 Å². The Morgan fingerprint density at radius 1 is 1.06 bits per heavy atom. The van der Waals surface area contributed by atoms with Gasteiger partial charge in [0.25, 0.3) is 0 Å². The lowest BCUT2D eigenvalue weighted by atomic mass is 9.99. The van der Waals surface area contributed by atoms with Crippen LogP contribution in [-0.4, -0.2) is 5.11 Å². The lowest BCUT2D eigenvalue weighted by Gasteiger charge is -2.07. The Labute approximate surface area is 95.7 Å². The van der Waals surface area contributed by atoms with Crippen LogP contribution in [0.5, 0.6) is 5.75 Å². The maximum atomic E-state index is 9.84. The predicted octanol–water partition coefficient (Wildman–Crippen LogP) is 4.09. The molecule has 1 N–H and O–H groups in total. The number of hydrogen-bond donors (Lipinski definition) is 1. The van der Waals surface area contributed by atoms with Crippen molar-refractivity contribution in [1.29, 1.82) is 0 Å². The van der Waals surface area contributed by atoms with Gasteiger partial charge in [-0.25, -0.2) is 0 Å². The van der Waals surface area contributed by atoms with Gasteiger partial charge in [0.2, 0.25) is 0 Å². The molecule has 1 nitrogen and oxygen atoms in total. The molecular weight excluding hydrogens is 196 g/mol. The second-order valence-corrected chi connectivity index (χ2v) is 3.88. The zero-order valence-electron chi connectivity index (χ0n) is 9.27. The van der Waals surface area contributed by atoms with Gasteiger partial charge in [0.15, 0.2) is 0 Å². The summed E-state index contributed by atoms with van der Waals surface area (Å²) in [5.74, 6) is 0.302. The van der Waals surface area contributed by atoms with Gasteiger partial charge in [-0.15, -0.1) is 0 Å². The molecule has 0 fully saturated rings. The van der Waals surface area contributed by atoms with E-state index < -0.39 is 0 Å². The van der Waals surface area contributed by atoms with E-state index in [2.05, 4.69) is 6.58 Å². The molecule has 0 aliphatic heterocycles. The van der Waals surface area contributed by atoms with Crippen molar-refractivity contribution in [2.24, 2.45) is 0 Å². The number of phenolic OH excluding ortho intramolecular Hbond substituents is 1. The van der Waals surface area contributed by atoms with Crippen LogP contribution in [0.2, 0.25) is 0 Å². The molecule has 0 atom stereocenters. The first kappa shape index (κ1) is 10.5. The van der Waals surface area contributed by atoms with Crippen molar-refractivity contribution in [2.75, 3.05) is 0 Å². The number of allylic oxidation sites excluding steroid dienone is 1. The molecule has 0 aliphatic carbocycles.